The molecule has 0 fully saturated rings. The second-order valence-corrected chi connectivity index (χ2v) is 2.79. The Morgan fingerprint density at radius 1 is 1.54 bits per heavy atom. The van der Waals surface area contributed by atoms with Gasteiger partial charge in [-0.3, -0.25) is 0 Å². The van der Waals surface area contributed by atoms with E-state index in [2.05, 4.69) is 15.3 Å². The Morgan fingerprint density at radius 2 is 2.23 bits per heavy atom. The first kappa shape index (κ1) is 9.70. The second kappa shape index (κ2) is 4.02. The van der Waals surface area contributed by atoms with E-state index >= 15 is 0 Å². The first-order valence-corrected chi connectivity index (χ1v) is 4.09. The molecule has 72 valence electrons. The number of aromatic nitrogens is 2. The van der Waals surface area contributed by atoms with E-state index in [-0.39, 0.29) is 0 Å². The van der Waals surface area contributed by atoms with Gasteiger partial charge in [-0.05, 0) is 6.92 Å². The highest BCUT2D eigenvalue weighted by Crippen LogP contribution is 2.13. The Morgan fingerprint density at radius 3 is 2.77 bits per heavy atom. The fourth-order valence-electron chi connectivity index (χ4n) is 0.915. The third kappa shape index (κ3) is 2.27. The molecular weight excluding hydrogens is 171 g/mol. The molecule has 1 aromatic rings. The van der Waals surface area contributed by atoms with Crippen LogP contribution in [0.4, 0.5) is 16.2 Å². The van der Waals surface area contributed by atoms with Crippen molar-refractivity contribution in [2.75, 3.05) is 30.9 Å². The van der Waals surface area contributed by atoms with Gasteiger partial charge in [-0.1, -0.05) is 0 Å². The zero-order valence-corrected chi connectivity index (χ0v) is 8.00. The summed E-state index contributed by atoms with van der Waals surface area (Å²) in [5.74, 6) is 0.338. The summed E-state index contributed by atoms with van der Waals surface area (Å²) < 4.78 is 13.1. The predicted molar refractivity (Wildman–Crippen MR) is 50.5 cm³/mol. The normalized spacial score (nSPS) is 9.85. The lowest BCUT2D eigenvalue weighted by atomic mass is 10.5. The van der Waals surface area contributed by atoms with Gasteiger partial charge >= 0.3 is 0 Å². The summed E-state index contributed by atoms with van der Waals surface area (Å²) in [7, 11) is 3.47. The molecular formula is C8H13FN4. The number of anilines is 2. The van der Waals surface area contributed by atoms with Crippen molar-refractivity contribution in [2.45, 2.75) is 6.92 Å². The number of rotatable bonds is 3. The van der Waals surface area contributed by atoms with Gasteiger partial charge in [0.05, 0.1) is 6.20 Å². The van der Waals surface area contributed by atoms with Crippen LogP contribution in [0.25, 0.3) is 0 Å². The number of hydrogen-bond acceptors (Lipinski definition) is 4. The molecule has 5 heteroatoms. The molecule has 0 aliphatic rings. The van der Waals surface area contributed by atoms with Crippen LogP contribution in [0.3, 0.4) is 0 Å². The Kier molecular flexibility index (Phi) is 3.00. The maximum atomic E-state index is 13.1. The molecule has 1 N–H and O–H groups in total. The smallest absolute Gasteiger partial charge is 0.224 e. The largest absolute Gasteiger partial charge is 0.360 e. The van der Waals surface area contributed by atoms with E-state index in [1.165, 1.54) is 6.20 Å². The van der Waals surface area contributed by atoms with Crippen molar-refractivity contribution in [2.24, 2.45) is 0 Å². The summed E-state index contributed by atoms with van der Waals surface area (Å²) in [6, 6.07) is 0. The van der Waals surface area contributed by atoms with Gasteiger partial charge in [0.2, 0.25) is 5.95 Å². The average molecular weight is 184 g/mol. The van der Waals surface area contributed by atoms with E-state index in [9.17, 15) is 4.39 Å². The van der Waals surface area contributed by atoms with Crippen molar-refractivity contribution < 1.29 is 4.39 Å². The zero-order chi connectivity index (χ0) is 9.84. The van der Waals surface area contributed by atoms with Crippen molar-refractivity contribution >= 4 is 11.8 Å². The molecule has 1 heterocycles. The molecule has 0 unspecified atom stereocenters. The van der Waals surface area contributed by atoms with E-state index in [1.807, 2.05) is 6.92 Å². The number of hydrogen-bond donors (Lipinski definition) is 1. The second-order valence-electron chi connectivity index (χ2n) is 2.79. The molecule has 13 heavy (non-hydrogen) atoms. The van der Waals surface area contributed by atoms with Gasteiger partial charge in [0.1, 0.15) is 0 Å². The first-order valence-electron chi connectivity index (χ1n) is 4.09. The van der Waals surface area contributed by atoms with E-state index in [0.29, 0.717) is 11.8 Å². The summed E-state index contributed by atoms with van der Waals surface area (Å²) in [6.45, 7) is 2.65. The van der Waals surface area contributed by atoms with Gasteiger partial charge in [-0.15, -0.1) is 0 Å². The number of nitrogens with one attached hydrogen (secondary N) is 1. The molecule has 0 saturated heterocycles. The Bertz CT molecular complexity index is 287. The highest BCUT2D eigenvalue weighted by Gasteiger charge is 2.07. The Hall–Kier alpha value is -1.39. The minimum absolute atomic E-state index is 0.297. The van der Waals surface area contributed by atoms with Gasteiger partial charge in [-0.25, -0.2) is 9.37 Å². The van der Waals surface area contributed by atoms with Crippen LogP contribution >= 0.6 is 0 Å². The van der Waals surface area contributed by atoms with Gasteiger partial charge in [0.15, 0.2) is 11.6 Å². The van der Waals surface area contributed by atoms with Crippen molar-refractivity contribution in [3.63, 3.8) is 0 Å². The zero-order valence-electron chi connectivity index (χ0n) is 8.00. The van der Waals surface area contributed by atoms with Crippen LogP contribution in [0.1, 0.15) is 6.92 Å². The molecule has 1 aromatic heterocycles. The first-order chi connectivity index (χ1) is 6.15. The third-order valence-electron chi connectivity index (χ3n) is 1.48. The molecule has 0 aromatic carbocycles. The van der Waals surface area contributed by atoms with Crippen LogP contribution in [0.15, 0.2) is 6.20 Å². The van der Waals surface area contributed by atoms with Crippen molar-refractivity contribution in [1.29, 1.82) is 0 Å². The van der Waals surface area contributed by atoms with E-state index in [0.717, 1.165) is 6.54 Å². The fourth-order valence-corrected chi connectivity index (χ4v) is 0.915. The third-order valence-corrected chi connectivity index (χ3v) is 1.48. The minimum Gasteiger partial charge on any atom is -0.360 e. The molecule has 0 aliphatic carbocycles. The van der Waals surface area contributed by atoms with E-state index in [4.69, 9.17) is 0 Å². The summed E-state index contributed by atoms with van der Waals surface area (Å²) >= 11 is 0. The molecule has 4 nitrogen and oxygen atoms in total. The number of halogens is 1. The Balaban J connectivity index is 2.97. The molecule has 0 spiro atoms. The minimum atomic E-state index is -0.411. The summed E-state index contributed by atoms with van der Waals surface area (Å²) in [4.78, 5) is 9.39. The molecule has 0 radical (unpaired) electrons. The average Bonchev–Trinajstić information content (AvgIpc) is 2.08. The van der Waals surface area contributed by atoms with Crippen LogP contribution in [-0.2, 0) is 0 Å². The van der Waals surface area contributed by atoms with Crippen molar-refractivity contribution in [3.05, 3.63) is 12.0 Å². The van der Waals surface area contributed by atoms with Gasteiger partial charge in [0, 0.05) is 20.6 Å². The molecule has 0 saturated carbocycles. The molecule has 0 atom stereocenters. The topological polar surface area (TPSA) is 41.1 Å². The lowest BCUT2D eigenvalue weighted by Gasteiger charge is -2.12. The maximum Gasteiger partial charge on any atom is 0.224 e. The summed E-state index contributed by atoms with van der Waals surface area (Å²) in [5, 5.41) is 2.91. The Labute approximate surface area is 76.8 Å². The standard InChI is InChI=1S/C8H13FN4/c1-4-10-8-11-5-6(9)7(12-8)13(2)3/h5H,4H2,1-3H3,(H,10,11,12). The van der Waals surface area contributed by atoms with Crippen molar-refractivity contribution in [1.82, 2.24) is 9.97 Å². The van der Waals surface area contributed by atoms with E-state index < -0.39 is 5.82 Å². The van der Waals surface area contributed by atoms with Crippen LogP contribution < -0.4 is 10.2 Å². The predicted octanol–water partition coefficient (Wildman–Crippen LogP) is 1.11. The molecule has 0 amide bonds. The lowest BCUT2D eigenvalue weighted by molar-refractivity contribution is 0.612. The van der Waals surface area contributed by atoms with E-state index in [1.54, 1.807) is 19.0 Å². The van der Waals surface area contributed by atoms with Gasteiger partial charge in [0.25, 0.3) is 0 Å². The monoisotopic (exact) mass is 184 g/mol. The van der Waals surface area contributed by atoms with Crippen molar-refractivity contribution in [3.8, 4) is 0 Å². The fraction of sp³-hybridized carbons (Fsp3) is 0.500. The van der Waals surface area contributed by atoms with Gasteiger partial charge in [-0.2, -0.15) is 4.98 Å². The number of nitrogens with zero attached hydrogens (tertiary/aromatic N) is 3. The molecule has 0 bridgehead atoms. The SMILES string of the molecule is CCNc1ncc(F)c(N(C)C)n1. The lowest BCUT2D eigenvalue weighted by Crippen LogP contribution is -2.14. The van der Waals surface area contributed by atoms with Crippen LogP contribution in [0.2, 0.25) is 0 Å². The molecule has 1 rings (SSSR count). The summed E-state index contributed by atoms with van der Waals surface area (Å²) in [6.07, 6.45) is 1.17. The van der Waals surface area contributed by atoms with Crippen LogP contribution in [-0.4, -0.2) is 30.6 Å². The summed E-state index contributed by atoms with van der Waals surface area (Å²) in [5.41, 5.74) is 0. The quantitative estimate of drug-likeness (QED) is 0.764. The van der Waals surface area contributed by atoms with Crippen LogP contribution in [0, 0.1) is 5.82 Å². The highest BCUT2D eigenvalue weighted by molar-refractivity contribution is 5.42. The maximum absolute atomic E-state index is 13.1. The highest BCUT2D eigenvalue weighted by atomic mass is 19.1. The van der Waals surface area contributed by atoms with Gasteiger partial charge < -0.3 is 10.2 Å². The van der Waals surface area contributed by atoms with Crippen LogP contribution in [0.5, 0.6) is 0 Å². The molecule has 0 aliphatic heterocycles.